The van der Waals surface area contributed by atoms with Crippen LogP contribution in [-0.2, 0) is 10.0 Å². The summed E-state index contributed by atoms with van der Waals surface area (Å²) < 4.78 is 27.2. The van der Waals surface area contributed by atoms with Gasteiger partial charge < -0.3 is 5.32 Å². The minimum Gasteiger partial charge on any atom is -0.352 e. The summed E-state index contributed by atoms with van der Waals surface area (Å²) in [6, 6.07) is 6.40. The standard InChI is InChI=1S/C19H30N2O3S/c1-2-3-4-7-13-20-19(22)17-11-10-12-18(16-17)25(23,24)21-14-8-5-6-9-15-21/h10-12,16H,2-9,13-15H2,1H3,(H,20,22). The Morgan fingerprint density at radius 3 is 2.48 bits per heavy atom. The molecule has 2 rings (SSSR count). The van der Waals surface area contributed by atoms with E-state index in [1.165, 1.54) is 12.5 Å². The minimum atomic E-state index is -3.52. The zero-order valence-corrected chi connectivity index (χ0v) is 16.0. The first-order chi connectivity index (χ1) is 12.1. The number of hydrogen-bond donors (Lipinski definition) is 1. The van der Waals surface area contributed by atoms with Crippen molar-refractivity contribution in [3.63, 3.8) is 0 Å². The van der Waals surface area contributed by atoms with Crippen molar-refractivity contribution in [2.24, 2.45) is 0 Å². The molecule has 1 heterocycles. The maximum atomic E-state index is 12.8. The molecule has 140 valence electrons. The highest BCUT2D eigenvalue weighted by molar-refractivity contribution is 7.89. The summed E-state index contributed by atoms with van der Waals surface area (Å²) in [4.78, 5) is 12.5. The fourth-order valence-corrected chi connectivity index (χ4v) is 4.65. The number of hydrogen-bond acceptors (Lipinski definition) is 3. The lowest BCUT2D eigenvalue weighted by Crippen LogP contribution is -2.32. The van der Waals surface area contributed by atoms with E-state index in [0.717, 1.165) is 44.9 Å². The lowest BCUT2D eigenvalue weighted by molar-refractivity contribution is 0.0952. The molecule has 0 aromatic heterocycles. The SMILES string of the molecule is CCCCCCNC(=O)c1cccc(S(=O)(=O)N2CCCCCC2)c1. The lowest BCUT2D eigenvalue weighted by Gasteiger charge is -2.20. The van der Waals surface area contributed by atoms with Crippen LogP contribution in [0, 0.1) is 0 Å². The van der Waals surface area contributed by atoms with Crippen molar-refractivity contribution >= 4 is 15.9 Å². The number of nitrogens with zero attached hydrogens (tertiary/aromatic N) is 1. The van der Waals surface area contributed by atoms with Crippen LogP contribution in [0.4, 0.5) is 0 Å². The second kappa shape index (κ2) is 9.92. The molecule has 1 aromatic rings. The van der Waals surface area contributed by atoms with E-state index in [9.17, 15) is 13.2 Å². The maximum Gasteiger partial charge on any atom is 0.251 e. The minimum absolute atomic E-state index is 0.204. The van der Waals surface area contributed by atoms with Crippen molar-refractivity contribution in [2.45, 2.75) is 63.2 Å². The van der Waals surface area contributed by atoms with Gasteiger partial charge in [-0.15, -0.1) is 0 Å². The van der Waals surface area contributed by atoms with Gasteiger partial charge in [0.1, 0.15) is 0 Å². The summed E-state index contributed by atoms with van der Waals surface area (Å²) in [6.07, 6.45) is 8.32. The molecule has 1 N–H and O–H groups in total. The number of rotatable bonds is 8. The summed E-state index contributed by atoms with van der Waals surface area (Å²) in [5, 5.41) is 2.88. The van der Waals surface area contributed by atoms with E-state index in [1.54, 1.807) is 22.5 Å². The molecule has 0 aliphatic carbocycles. The van der Waals surface area contributed by atoms with E-state index in [4.69, 9.17) is 0 Å². The molecular formula is C19H30N2O3S. The molecule has 1 fully saturated rings. The predicted octanol–water partition coefficient (Wildman–Crippen LogP) is 3.56. The van der Waals surface area contributed by atoms with Gasteiger partial charge in [-0.1, -0.05) is 45.1 Å². The van der Waals surface area contributed by atoms with Crippen molar-refractivity contribution < 1.29 is 13.2 Å². The summed E-state index contributed by atoms with van der Waals surface area (Å²) >= 11 is 0. The third-order valence-corrected chi connectivity index (χ3v) is 6.51. The molecule has 6 heteroatoms. The van der Waals surface area contributed by atoms with Crippen molar-refractivity contribution in [1.29, 1.82) is 0 Å². The zero-order valence-electron chi connectivity index (χ0n) is 15.2. The third-order valence-electron chi connectivity index (χ3n) is 4.61. The highest BCUT2D eigenvalue weighted by Gasteiger charge is 2.25. The number of sulfonamides is 1. The Bertz CT molecular complexity index is 650. The van der Waals surface area contributed by atoms with E-state index in [-0.39, 0.29) is 10.8 Å². The largest absolute Gasteiger partial charge is 0.352 e. The Morgan fingerprint density at radius 1 is 1.08 bits per heavy atom. The van der Waals surface area contributed by atoms with Crippen molar-refractivity contribution in [3.05, 3.63) is 29.8 Å². The molecule has 1 saturated heterocycles. The van der Waals surface area contributed by atoms with Gasteiger partial charge in [-0.25, -0.2) is 8.42 Å². The zero-order chi connectivity index (χ0) is 18.1. The van der Waals surface area contributed by atoms with Crippen LogP contribution in [0.5, 0.6) is 0 Å². The van der Waals surface area contributed by atoms with Crippen LogP contribution in [0.3, 0.4) is 0 Å². The summed E-state index contributed by atoms with van der Waals surface area (Å²) in [6.45, 7) is 3.91. The summed E-state index contributed by atoms with van der Waals surface area (Å²) in [5.74, 6) is -0.204. The summed E-state index contributed by atoms with van der Waals surface area (Å²) in [5.41, 5.74) is 0.409. The Kier molecular flexibility index (Phi) is 7.90. The van der Waals surface area contributed by atoms with Gasteiger partial charge in [0.25, 0.3) is 5.91 Å². The van der Waals surface area contributed by atoms with E-state index in [0.29, 0.717) is 25.2 Å². The van der Waals surface area contributed by atoms with Crippen LogP contribution in [0.15, 0.2) is 29.2 Å². The molecular weight excluding hydrogens is 336 g/mol. The highest BCUT2D eigenvalue weighted by Crippen LogP contribution is 2.21. The first-order valence-electron chi connectivity index (χ1n) is 9.44. The van der Waals surface area contributed by atoms with Gasteiger partial charge in [0.2, 0.25) is 10.0 Å². The lowest BCUT2D eigenvalue weighted by atomic mass is 10.2. The van der Waals surface area contributed by atoms with Gasteiger partial charge >= 0.3 is 0 Å². The molecule has 0 radical (unpaired) electrons. The van der Waals surface area contributed by atoms with Crippen LogP contribution in [0.25, 0.3) is 0 Å². The van der Waals surface area contributed by atoms with Gasteiger partial charge in [0.15, 0.2) is 0 Å². The molecule has 0 bridgehead atoms. The van der Waals surface area contributed by atoms with Crippen LogP contribution < -0.4 is 5.32 Å². The van der Waals surface area contributed by atoms with Crippen molar-refractivity contribution in [3.8, 4) is 0 Å². The molecule has 0 atom stereocenters. The Labute approximate surface area is 151 Å². The average molecular weight is 367 g/mol. The van der Waals surface area contributed by atoms with Crippen molar-refractivity contribution in [1.82, 2.24) is 9.62 Å². The molecule has 0 unspecified atom stereocenters. The van der Waals surface area contributed by atoms with E-state index < -0.39 is 10.0 Å². The molecule has 0 spiro atoms. The topological polar surface area (TPSA) is 66.5 Å². The van der Waals surface area contributed by atoms with E-state index in [1.807, 2.05) is 0 Å². The molecule has 5 nitrogen and oxygen atoms in total. The van der Waals surface area contributed by atoms with Crippen LogP contribution >= 0.6 is 0 Å². The molecule has 0 saturated carbocycles. The third kappa shape index (κ3) is 5.82. The second-order valence-electron chi connectivity index (χ2n) is 6.66. The van der Waals surface area contributed by atoms with Gasteiger partial charge in [-0.2, -0.15) is 4.31 Å². The Morgan fingerprint density at radius 2 is 1.80 bits per heavy atom. The number of nitrogens with one attached hydrogen (secondary N) is 1. The molecule has 1 aromatic carbocycles. The van der Waals surface area contributed by atoms with Gasteiger partial charge in [0.05, 0.1) is 4.90 Å². The average Bonchev–Trinajstić information content (AvgIpc) is 2.91. The van der Waals surface area contributed by atoms with Gasteiger partial charge in [-0.05, 0) is 37.5 Å². The number of amides is 1. The monoisotopic (exact) mass is 366 g/mol. The van der Waals surface area contributed by atoms with E-state index >= 15 is 0 Å². The fraction of sp³-hybridized carbons (Fsp3) is 0.632. The molecule has 1 aliphatic heterocycles. The van der Waals surface area contributed by atoms with Gasteiger partial charge in [0, 0.05) is 25.2 Å². The first kappa shape index (κ1) is 19.9. The molecule has 1 aliphatic rings. The normalized spacial score (nSPS) is 16.4. The smallest absolute Gasteiger partial charge is 0.251 e. The van der Waals surface area contributed by atoms with Crippen LogP contribution in [0.1, 0.15) is 68.6 Å². The van der Waals surface area contributed by atoms with Gasteiger partial charge in [-0.3, -0.25) is 4.79 Å². The molecule has 25 heavy (non-hydrogen) atoms. The van der Waals surface area contributed by atoms with Crippen LogP contribution in [0.2, 0.25) is 0 Å². The van der Waals surface area contributed by atoms with E-state index in [2.05, 4.69) is 12.2 Å². The fourth-order valence-electron chi connectivity index (χ4n) is 3.08. The highest BCUT2D eigenvalue weighted by atomic mass is 32.2. The maximum absolute atomic E-state index is 12.8. The summed E-state index contributed by atoms with van der Waals surface area (Å²) in [7, 11) is -3.52. The quantitative estimate of drug-likeness (QED) is 0.715. The van der Waals surface area contributed by atoms with Crippen LogP contribution in [-0.4, -0.2) is 38.3 Å². The second-order valence-corrected chi connectivity index (χ2v) is 8.60. The predicted molar refractivity (Wildman–Crippen MR) is 100 cm³/mol. The molecule has 1 amide bonds. The first-order valence-corrected chi connectivity index (χ1v) is 10.9. The number of carbonyl (C=O) groups is 1. The number of carbonyl (C=O) groups excluding carboxylic acids is 1. The Hall–Kier alpha value is -1.40. The Balaban J connectivity index is 2.03. The van der Waals surface area contributed by atoms with Crippen molar-refractivity contribution in [2.75, 3.05) is 19.6 Å². The number of unbranched alkanes of at least 4 members (excludes halogenated alkanes) is 3. The number of benzene rings is 1.